The first kappa shape index (κ1) is 44.0. The minimum Gasteiger partial charge on any atom is -0.450 e. The molecular formula is C41H65N9O6. The van der Waals surface area contributed by atoms with Crippen molar-refractivity contribution in [1.82, 2.24) is 36.2 Å². The lowest BCUT2D eigenvalue weighted by molar-refractivity contribution is 0.0667. The molecule has 2 saturated carbocycles. The Kier molecular flexibility index (Phi) is 15.3. The number of amides is 6. The van der Waals surface area contributed by atoms with Crippen LogP contribution in [0.2, 0.25) is 0 Å². The molecule has 0 spiro atoms. The highest BCUT2D eigenvalue weighted by Gasteiger charge is 2.43. The molecule has 2 aromatic rings. The molecule has 6 N–H and O–H groups in total. The molecule has 0 radical (unpaired) electrons. The smallest absolute Gasteiger partial charge is 0.407 e. The van der Waals surface area contributed by atoms with Crippen molar-refractivity contribution in [2.24, 2.45) is 21.7 Å². The van der Waals surface area contributed by atoms with Crippen molar-refractivity contribution in [2.45, 2.75) is 132 Å². The Hall–Kier alpha value is -4.69. The van der Waals surface area contributed by atoms with E-state index < -0.39 is 24.2 Å². The molecule has 15 heteroatoms. The number of urea groups is 2. The number of rotatable bonds is 15. The Bertz CT molecular complexity index is 1640. The monoisotopic (exact) mass is 780 g/mol. The van der Waals surface area contributed by atoms with Gasteiger partial charge in [-0.1, -0.05) is 98.6 Å². The summed E-state index contributed by atoms with van der Waals surface area (Å²) in [5.74, 6) is 0.218. The maximum atomic E-state index is 13.5. The lowest BCUT2D eigenvalue weighted by Crippen LogP contribution is -2.51. The first-order valence-corrected chi connectivity index (χ1v) is 20.2. The topological polar surface area (TPSA) is 198 Å². The van der Waals surface area contributed by atoms with E-state index in [0.29, 0.717) is 44.7 Å². The summed E-state index contributed by atoms with van der Waals surface area (Å²) < 4.78 is 10.6. The summed E-state index contributed by atoms with van der Waals surface area (Å²) >= 11 is 0. The molecule has 4 atom stereocenters. The van der Waals surface area contributed by atoms with Crippen LogP contribution in [-0.4, -0.2) is 77.6 Å². The summed E-state index contributed by atoms with van der Waals surface area (Å²) in [6.45, 7) is 18.5. The zero-order valence-corrected chi connectivity index (χ0v) is 34.7. The second-order valence-electron chi connectivity index (χ2n) is 18.1. The Morgan fingerprint density at radius 1 is 0.643 bits per heavy atom. The van der Waals surface area contributed by atoms with Gasteiger partial charge in [0.25, 0.3) is 0 Å². The number of nitrogens with one attached hydrogen (secondary N) is 6. The molecule has 1 aromatic carbocycles. The normalized spacial score (nSPS) is 23.9. The van der Waals surface area contributed by atoms with E-state index in [0.717, 1.165) is 51.4 Å². The summed E-state index contributed by atoms with van der Waals surface area (Å²) in [6, 6.07) is 7.94. The molecular weight excluding hydrogens is 715 g/mol. The van der Waals surface area contributed by atoms with Crippen molar-refractivity contribution in [2.75, 3.05) is 36.9 Å². The number of ether oxygens (including phenoxy) is 2. The largest absolute Gasteiger partial charge is 0.450 e. The van der Waals surface area contributed by atoms with E-state index in [-0.39, 0.29) is 51.5 Å². The van der Waals surface area contributed by atoms with E-state index in [1.165, 1.54) is 0 Å². The third-order valence-corrected chi connectivity index (χ3v) is 10.5. The van der Waals surface area contributed by atoms with Gasteiger partial charge >= 0.3 is 24.2 Å². The van der Waals surface area contributed by atoms with E-state index in [4.69, 9.17) is 9.47 Å². The summed E-state index contributed by atoms with van der Waals surface area (Å²) in [6.07, 6.45) is 7.25. The molecule has 310 valence electrons. The number of hydrogen-bond donors (Lipinski definition) is 6. The van der Waals surface area contributed by atoms with Crippen molar-refractivity contribution in [3.05, 3.63) is 30.3 Å². The number of hydrogen-bond acceptors (Lipinski definition) is 9. The molecule has 0 saturated heterocycles. The predicted octanol–water partition coefficient (Wildman–Crippen LogP) is 8.00. The molecule has 4 unspecified atom stereocenters. The number of carbonyl (C=O) groups excluding carboxylic acids is 4. The van der Waals surface area contributed by atoms with Crippen LogP contribution in [0.4, 0.5) is 31.1 Å². The average molecular weight is 780 g/mol. The standard InChI is InChI=1S/C41H65N9O6/c1-9-11-18-55-36(53)43-27-41(8)22-29(20-38(3,4)25-41)44-35(52)50-33-47-31(28-16-14-13-15-17-28)46-32(48-33)49-34(51)42-26-40(7)23-30(21-39(5,6)24-40)45-37(54)56-19-12-10-2/h13-17,29-30H,9-12,18-27H2,1-8H3,(H,43,53)(H,45,54)(H4,42,44,46,47,48,49,50,51,52). The van der Waals surface area contributed by atoms with Gasteiger partial charge in [-0.25, -0.2) is 19.2 Å². The summed E-state index contributed by atoms with van der Waals surface area (Å²) in [5, 5.41) is 17.5. The highest BCUT2D eigenvalue weighted by Crippen LogP contribution is 2.47. The predicted molar refractivity (Wildman–Crippen MR) is 217 cm³/mol. The average Bonchev–Trinajstić information content (AvgIpc) is 3.09. The van der Waals surface area contributed by atoms with Crippen LogP contribution in [0, 0.1) is 21.7 Å². The van der Waals surface area contributed by atoms with Gasteiger partial charge in [0.1, 0.15) is 0 Å². The third-order valence-electron chi connectivity index (χ3n) is 10.5. The van der Waals surface area contributed by atoms with Crippen LogP contribution in [0.5, 0.6) is 0 Å². The van der Waals surface area contributed by atoms with Gasteiger partial charge in [0.2, 0.25) is 11.9 Å². The Morgan fingerprint density at radius 2 is 1.14 bits per heavy atom. The minimum atomic E-state index is -0.509. The van der Waals surface area contributed by atoms with Gasteiger partial charge in [-0.2, -0.15) is 15.0 Å². The molecule has 2 fully saturated rings. The number of unbranched alkanes of at least 4 members (excludes halogenated alkanes) is 2. The first-order chi connectivity index (χ1) is 26.4. The van der Waals surface area contributed by atoms with Gasteiger partial charge < -0.3 is 30.7 Å². The van der Waals surface area contributed by atoms with Crippen LogP contribution in [0.1, 0.15) is 120 Å². The third kappa shape index (κ3) is 14.4. The second-order valence-corrected chi connectivity index (χ2v) is 18.1. The van der Waals surface area contributed by atoms with Crippen LogP contribution < -0.4 is 31.9 Å². The lowest BCUT2D eigenvalue weighted by atomic mass is 9.62. The number of benzene rings is 1. The molecule has 0 aliphatic heterocycles. The lowest BCUT2D eigenvalue weighted by Gasteiger charge is -2.46. The van der Waals surface area contributed by atoms with Crippen LogP contribution in [0.15, 0.2) is 30.3 Å². The van der Waals surface area contributed by atoms with Gasteiger partial charge in [-0.3, -0.25) is 10.6 Å². The molecule has 1 heterocycles. The maximum absolute atomic E-state index is 13.5. The SMILES string of the molecule is CCCCOC(=O)NCC1(C)CC(NC(=O)Nc2nc(NC(=O)NCC3(C)CC(NC(=O)OCCCC)CC(C)(C)C3)nc(-c3ccccc3)n2)CC(C)(C)C1. The fourth-order valence-electron chi connectivity index (χ4n) is 8.87. The molecule has 4 rings (SSSR count). The Morgan fingerprint density at radius 3 is 1.70 bits per heavy atom. The summed E-state index contributed by atoms with van der Waals surface area (Å²) in [7, 11) is 0. The van der Waals surface area contributed by atoms with Gasteiger partial charge in [0.05, 0.1) is 13.2 Å². The van der Waals surface area contributed by atoms with E-state index in [1.54, 1.807) is 0 Å². The molecule has 6 amide bonds. The number of carbonyl (C=O) groups is 4. The van der Waals surface area contributed by atoms with Gasteiger partial charge in [0.15, 0.2) is 5.82 Å². The van der Waals surface area contributed by atoms with E-state index >= 15 is 0 Å². The first-order valence-electron chi connectivity index (χ1n) is 20.2. The Labute approximate surface area is 332 Å². The molecule has 1 aromatic heterocycles. The van der Waals surface area contributed by atoms with E-state index in [2.05, 4.69) is 88.4 Å². The van der Waals surface area contributed by atoms with Crippen molar-refractivity contribution >= 4 is 36.1 Å². The quantitative estimate of drug-likeness (QED) is 0.0970. The van der Waals surface area contributed by atoms with Crippen LogP contribution >= 0.6 is 0 Å². The Balaban J connectivity index is 1.41. The second kappa shape index (κ2) is 19.4. The molecule has 15 nitrogen and oxygen atoms in total. The van der Waals surface area contributed by atoms with Gasteiger partial charge in [-0.05, 0) is 73.0 Å². The minimum absolute atomic E-state index is 0.0262. The highest BCUT2D eigenvalue weighted by molar-refractivity contribution is 5.90. The van der Waals surface area contributed by atoms with E-state index in [9.17, 15) is 19.2 Å². The zero-order valence-electron chi connectivity index (χ0n) is 34.7. The van der Waals surface area contributed by atoms with Crippen molar-refractivity contribution in [3.8, 4) is 11.4 Å². The fraction of sp³-hybridized carbons (Fsp3) is 0.683. The van der Waals surface area contributed by atoms with Crippen molar-refractivity contribution in [3.63, 3.8) is 0 Å². The highest BCUT2D eigenvalue weighted by atomic mass is 16.6. The number of aromatic nitrogens is 3. The van der Waals surface area contributed by atoms with Crippen LogP contribution in [0.25, 0.3) is 11.4 Å². The molecule has 2 aliphatic rings. The van der Waals surface area contributed by atoms with Crippen molar-refractivity contribution in [1.29, 1.82) is 0 Å². The van der Waals surface area contributed by atoms with Gasteiger partial charge in [-0.15, -0.1) is 0 Å². The zero-order chi connectivity index (χ0) is 41.0. The van der Waals surface area contributed by atoms with Crippen LogP contribution in [-0.2, 0) is 9.47 Å². The fourth-order valence-corrected chi connectivity index (χ4v) is 8.87. The molecule has 56 heavy (non-hydrogen) atoms. The number of nitrogens with zero attached hydrogens (tertiary/aromatic N) is 3. The van der Waals surface area contributed by atoms with Crippen LogP contribution in [0.3, 0.4) is 0 Å². The summed E-state index contributed by atoms with van der Waals surface area (Å²) in [5.41, 5.74) is -0.0762. The molecule has 2 aliphatic carbocycles. The summed E-state index contributed by atoms with van der Waals surface area (Å²) in [4.78, 5) is 65.0. The van der Waals surface area contributed by atoms with Gasteiger partial charge in [0, 0.05) is 30.7 Å². The molecule has 0 bridgehead atoms. The maximum Gasteiger partial charge on any atom is 0.407 e. The van der Waals surface area contributed by atoms with E-state index in [1.807, 2.05) is 44.2 Å². The number of alkyl carbamates (subject to hydrolysis) is 2. The van der Waals surface area contributed by atoms with Crippen molar-refractivity contribution < 1.29 is 28.7 Å². The number of anilines is 2.